The number of rotatable bonds is 4. The molecule has 2 aromatic rings. The third-order valence-corrected chi connectivity index (χ3v) is 5.90. The van der Waals surface area contributed by atoms with Crippen molar-refractivity contribution in [1.29, 1.82) is 0 Å². The highest BCUT2D eigenvalue weighted by Gasteiger charge is 2.62. The molecule has 0 saturated carbocycles. The van der Waals surface area contributed by atoms with Crippen LogP contribution in [0.1, 0.15) is 43.9 Å². The van der Waals surface area contributed by atoms with Crippen LogP contribution in [-0.2, 0) is 25.6 Å². The first-order valence-corrected chi connectivity index (χ1v) is 11.4. The number of halogens is 6. The lowest BCUT2D eigenvalue weighted by Gasteiger charge is -2.35. The lowest BCUT2D eigenvalue weighted by Crippen LogP contribution is -2.53. The summed E-state index contributed by atoms with van der Waals surface area (Å²) in [5.41, 5.74) is -3.66. The van der Waals surface area contributed by atoms with Gasteiger partial charge in [-0.05, 0) is 50.1 Å². The fourth-order valence-electron chi connectivity index (χ4n) is 3.50. The molecule has 1 atom stereocenters. The van der Waals surface area contributed by atoms with Crippen LogP contribution >= 0.6 is 23.2 Å². The molecular formula is C24H24Cl2F4N2O3. The van der Waals surface area contributed by atoms with Gasteiger partial charge in [0.15, 0.2) is 5.67 Å². The monoisotopic (exact) mass is 534 g/mol. The summed E-state index contributed by atoms with van der Waals surface area (Å²) >= 11 is 11.8. The fourth-order valence-corrected chi connectivity index (χ4v) is 4.03. The van der Waals surface area contributed by atoms with E-state index in [1.165, 1.54) is 18.2 Å². The lowest BCUT2D eigenvalue weighted by molar-refractivity contribution is -0.275. The number of nitrogens with one attached hydrogen (secondary N) is 1. The Balaban J connectivity index is 0.000000429. The van der Waals surface area contributed by atoms with Crippen LogP contribution in [-0.4, -0.2) is 37.1 Å². The topological polar surface area (TPSA) is 59.9 Å². The van der Waals surface area contributed by atoms with Crippen molar-refractivity contribution in [2.45, 2.75) is 50.2 Å². The number of hydrogen-bond donors (Lipinski definition) is 1. The Labute approximate surface area is 210 Å². The molecule has 2 aliphatic heterocycles. The molecule has 35 heavy (non-hydrogen) atoms. The van der Waals surface area contributed by atoms with Gasteiger partial charge in [0.05, 0.1) is 5.71 Å². The first kappa shape index (κ1) is 27.2. The van der Waals surface area contributed by atoms with Crippen molar-refractivity contribution in [2.75, 3.05) is 13.1 Å². The van der Waals surface area contributed by atoms with E-state index in [-0.39, 0.29) is 40.0 Å². The third-order valence-electron chi connectivity index (χ3n) is 5.46. The minimum absolute atomic E-state index is 0.0647. The van der Waals surface area contributed by atoms with Gasteiger partial charge in [0, 0.05) is 35.1 Å². The van der Waals surface area contributed by atoms with Gasteiger partial charge in [0.2, 0.25) is 0 Å². The molecule has 0 spiro atoms. The summed E-state index contributed by atoms with van der Waals surface area (Å²) in [6.45, 7) is 6.34. The SMILES string of the molecule is CC(C)(C)OC=O.FC1(c2ccc(C3=NO[C@@](c4cc(Cl)cc(Cl)c4)(C(F)(F)F)C3)cc2)CNC1. The highest BCUT2D eigenvalue weighted by atomic mass is 35.5. The fraction of sp³-hybridized carbons (Fsp3) is 0.417. The average molecular weight is 535 g/mol. The summed E-state index contributed by atoms with van der Waals surface area (Å²) in [6, 6.07) is 9.89. The molecule has 2 aromatic carbocycles. The molecule has 5 nitrogen and oxygen atoms in total. The second-order valence-corrected chi connectivity index (χ2v) is 10.1. The first-order valence-electron chi connectivity index (χ1n) is 10.6. The zero-order valence-electron chi connectivity index (χ0n) is 19.2. The van der Waals surface area contributed by atoms with Crippen LogP contribution in [0, 0.1) is 0 Å². The molecule has 4 rings (SSSR count). The van der Waals surface area contributed by atoms with Crippen LogP contribution in [0.2, 0.25) is 10.0 Å². The maximum atomic E-state index is 14.4. The number of alkyl halides is 4. The molecule has 190 valence electrons. The Kier molecular flexibility index (Phi) is 7.74. The number of ether oxygens (including phenoxy) is 1. The third kappa shape index (κ3) is 6.08. The molecule has 0 aliphatic carbocycles. The Morgan fingerprint density at radius 2 is 1.60 bits per heavy atom. The maximum absolute atomic E-state index is 14.4. The largest absolute Gasteiger partial charge is 0.462 e. The second kappa shape index (κ2) is 9.95. The molecule has 2 aliphatic rings. The van der Waals surface area contributed by atoms with Gasteiger partial charge in [-0.3, -0.25) is 4.79 Å². The van der Waals surface area contributed by atoms with E-state index in [0.717, 1.165) is 0 Å². The molecule has 11 heteroatoms. The van der Waals surface area contributed by atoms with Crippen LogP contribution in [0.15, 0.2) is 47.6 Å². The van der Waals surface area contributed by atoms with E-state index >= 15 is 0 Å². The van der Waals surface area contributed by atoms with E-state index < -0.39 is 23.9 Å². The van der Waals surface area contributed by atoms with Crippen molar-refractivity contribution in [1.82, 2.24) is 5.32 Å². The Morgan fingerprint density at radius 3 is 2.00 bits per heavy atom. The Hall–Kier alpha value is -2.36. The number of hydrogen-bond acceptors (Lipinski definition) is 5. The van der Waals surface area contributed by atoms with Crippen molar-refractivity contribution < 1.29 is 31.9 Å². The number of oxime groups is 1. The zero-order valence-corrected chi connectivity index (χ0v) is 20.7. The predicted molar refractivity (Wildman–Crippen MR) is 125 cm³/mol. The van der Waals surface area contributed by atoms with Crippen molar-refractivity contribution in [2.24, 2.45) is 5.16 Å². The van der Waals surface area contributed by atoms with E-state index in [9.17, 15) is 22.4 Å². The van der Waals surface area contributed by atoms with E-state index in [4.69, 9.17) is 28.0 Å². The number of carbonyl (C=O) groups is 1. The molecule has 1 fully saturated rings. The van der Waals surface area contributed by atoms with Gasteiger partial charge < -0.3 is 14.9 Å². The van der Waals surface area contributed by atoms with Gasteiger partial charge in [-0.25, -0.2) is 4.39 Å². The number of nitrogens with zero attached hydrogens (tertiary/aromatic N) is 1. The van der Waals surface area contributed by atoms with Gasteiger partial charge in [0.25, 0.3) is 12.1 Å². The Morgan fingerprint density at radius 1 is 1.03 bits per heavy atom. The Bertz CT molecular complexity index is 1080. The van der Waals surface area contributed by atoms with Crippen LogP contribution in [0.3, 0.4) is 0 Å². The molecule has 2 heterocycles. The minimum atomic E-state index is -4.76. The summed E-state index contributed by atoms with van der Waals surface area (Å²) in [4.78, 5) is 14.6. The average Bonchev–Trinajstić information content (AvgIpc) is 3.18. The molecule has 0 radical (unpaired) electrons. The van der Waals surface area contributed by atoms with Crippen LogP contribution in [0.5, 0.6) is 0 Å². The highest BCUT2D eigenvalue weighted by molar-refractivity contribution is 6.34. The van der Waals surface area contributed by atoms with Crippen LogP contribution in [0.4, 0.5) is 17.6 Å². The molecule has 1 N–H and O–H groups in total. The van der Waals surface area contributed by atoms with Crippen molar-refractivity contribution in [3.8, 4) is 0 Å². The highest BCUT2D eigenvalue weighted by Crippen LogP contribution is 2.49. The van der Waals surface area contributed by atoms with Crippen molar-refractivity contribution >= 4 is 35.4 Å². The summed E-state index contributed by atoms with van der Waals surface area (Å²) < 4.78 is 60.9. The van der Waals surface area contributed by atoms with Gasteiger partial charge in [-0.1, -0.05) is 52.6 Å². The minimum Gasteiger partial charge on any atom is -0.462 e. The smallest absolute Gasteiger partial charge is 0.435 e. The summed E-state index contributed by atoms with van der Waals surface area (Å²) in [7, 11) is 0. The molecule has 0 unspecified atom stereocenters. The maximum Gasteiger partial charge on any atom is 0.435 e. The normalized spacial score (nSPS) is 21.1. The number of carbonyl (C=O) groups excluding carboxylic acids is 1. The zero-order chi connectivity index (χ0) is 26.1. The van der Waals surface area contributed by atoms with Crippen LogP contribution < -0.4 is 5.32 Å². The molecule has 0 bridgehead atoms. The van der Waals surface area contributed by atoms with Gasteiger partial charge >= 0.3 is 6.18 Å². The lowest BCUT2D eigenvalue weighted by atomic mass is 9.85. The quantitative estimate of drug-likeness (QED) is 0.369. The van der Waals surface area contributed by atoms with E-state index in [1.54, 1.807) is 24.3 Å². The summed E-state index contributed by atoms with van der Waals surface area (Å²) in [5, 5.41) is 6.68. The molecule has 0 amide bonds. The van der Waals surface area contributed by atoms with Gasteiger partial charge in [-0.15, -0.1) is 0 Å². The predicted octanol–water partition coefficient (Wildman–Crippen LogP) is 6.30. The molecular weight excluding hydrogens is 511 g/mol. The van der Waals surface area contributed by atoms with Crippen molar-refractivity contribution in [3.05, 3.63) is 69.2 Å². The van der Waals surface area contributed by atoms with E-state index in [1.807, 2.05) is 20.8 Å². The second-order valence-electron chi connectivity index (χ2n) is 9.26. The molecule has 0 aromatic heterocycles. The standard InChI is InChI=1S/C19H14Cl2F4N2O.C5H10O2/c20-14-5-13(6-15(21)7-14)18(19(23,24)25)8-16(27-28-18)11-1-3-12(4-2-11)17(22)9-26-10-17;1-5(2,3)7-4-6/h1-7,26H,8-10H2;4H,1-3H3/t18-;/m0./s1. The van der Waals surface area contributed by atoms with Crippen molar-refractivity contribution in [3.63, 3.8) is 0 Å². The van der Waals surface area contributed by atoms with E-state index in [2.05, 4.69) is 15.2 Å². The van der Waals surface area contributed by atoms with E-state index in [0.29, 0.717) is 17.6 Å². The first-order chi connectivity index (χ1) is 16.2. The molecule has 1 saturated heterocycles. The van der Waals surface area contributed by atoms with Gasteiger partial charge in [-0.2, -0.15) is 13.2 Å². The summed E-state index contributed by atoms with van der Waals surface area (Å²) in [6.07, 6.45) is -5.30. The summed E-state index contributed by atoms with van der Waals surface area (Å²) in [5.74, 6) is 0. The van der Waals surface area contributed by atoms with Crippen LogP contribution in [0.25, 0.3) is 0 Å². The number of benzene rings is 2. The van der Waals surface area contributed by atoms with Gasteiger partial charge in [0.1, 0.15) is 5.60 Å².